The fraction of sp³-hybridized carbons (Fsp3) is 0.423. The van der Waals surface area contributed by atoms with Crippen LogP contribution in [0, 0.1) is 10.8 Å². The number of hydrogen-bond donors (Lipinski definition) is 6. The molecule has 0 saturated carbocycles. The van der Waals surface area contributed by atoms with Gasteiger partial charge in [-0.3, -0.25) is 28.8 Å². The maximum atomic E-state index is 13.2. The van der Waals surface area contributed by atoms with Crippen LogP contribution in [0.15, 0.2) is 130 Å². The number of Topliss-reactive ketones (excluding diaryl/α,β-unsaturated/α-hetero) is 2. The Morgan fingerprint density at radius 2 is 0.882 bits per heavy atom. The number of esters is 2. The van der Waals surface area contributed by atoms with Gasteiger partial charge in [0.25, 0.3) is 0 Å². The van der Waals surface area contributed by atoms with E-state index in [1.807, 2.05) is 140 Å². The first-order chi connectivity index (χ1) is 31.6. The highest BCUT2D eigenvalue weighted by molar-refractivity contribution is 6.02. The summed E-state index contributed by atoms with van der Waals surface area (Å²) in [6.07, 6.45) is 25.8. The van der Waals surface area contributed by atoms with E-state index in [0.717, 1.165) is 33.4 Å². The lowest BCUT2D eigenvalue weighted by molar-refractivity contribution is -0.155. The largest absolute Gasteiger partial charge is 0.480 e. The van der Waals surface area contributed by atoms with Crippen LogP contribution in [0.2, 0.25) is 0 Å². The molecule has 6 N–H and O–H groups in total. The third-order valence-corrected chi connectivity index (χ3v) is 11.0. The smallest absolute Gasteiger partial charge is 0.326 e. The van der Waals surface area contributed by atoms with E-state index in [9.17, 15) is 38.4 Å². The van der Waals surface area contributed by atoms with Crippen molar-refractivity contribution in [2.24, 2.45) is 10.8 Å². The molecule has 0 aromatic carbocycles. The number of carbonyl (C=O) groups is 8. The van der Waals surface area contributed by atoms with Crippen molar-refractivity contribution in [3.63, 3.8) is 0 Å². The van der Waals surface area contributed by atoms with Crippen molar-refractivity contribution < 1.29 is 58.0 Å². The molecule has 0 radical (unpaired) electrons. The van der Waals surface area contributed by atoms with Gasteiger partial charge in [-0.1, -0.05) is 135 Å². The number of carboxylic acid groups (broad SMARTS) is 2. The van der Waals surface area contributed by atoms with Crippen molar-refractivity contribution in [2.75, 3.05) is 13.1 Å². The lowest BCUT2D eigenvalue weighted by Crippen LogP contribution is -2.47. The molecule has 2 aliphatic carbocycles. The minimum absolute atomic E-state index is 0.249. The van der Waals surface area contributed by atoms with Crippen LogP contribution < -0.4 is 21.3 Å². The molecule has 0 aromatic heterocycles. The number of ketones is 2. The summed E-state index contributed by atoms with van der Waals surface area (Å²) in [6, 6.07) is -3.98. The molecule has 0 aliphatic heterocycles. The van der Waals surface area contributed by atoms with Gasteiger partial charge in [0, 0.05) is 12.8 Å². The number of aliphatic carboxylic acids is 2. The summed E-state index contributed by atoms with van der Waals surface area (Å²) >= 11 is 0. The van der Waals surface area contributed by atoms with Gasteiger partial charge >= 0.3 is 35.9 Å². The maximum absolute atomic E-state index is 13.2. The van der Waals surface area contributed by atoms with Gasteiger partial charge in [-0.25, -0.2) is 9.59 Å². The van der Waals surface area contributed by atoms with Crippen LogP contribution in [0.4, 0.5) is 9.59 Å². The number of hydrogen-bond acceptors (Lipinski definition) is 10. The van der Waals surface area contributed by atoms with E-state index < -0.39 is 84.2 Å². The van der Waals surface area contributed by atoms with E-state index in [1.165, 1.54) is 13.8 Å². The van der Waals surface area contributed by atoms with Crippen molar-refractivity contribution in [1.29, 1.82) is 0 Å². The molecule has 16 heteroatoms. The fourth-order valence-corrected chi connectivity index (χ4v) is 7.08. The van der Waals surface area contributed by atoms with Crippen molar-refractivity contribution in [2.45, 2.75) is 120 Å². The molecule has 2 rings (SSSR count). The molecule has 0 fully saturated rings. The molecule has 4 unspecified atom stereocenters. The highest BCUT2D eigenvalue weighted by Crippen LogP contribution is 2.42. The topological polar surface area (TPSA) is 244 Å². The Labute approximate surface area is 399 Å². The molecule has 0 bridgehead atoms. The van der Waals surface area contributed by atoms with Crippen LogP contribution in [0.25, 0.3) is 0 Å². The zero-order chi connectivity index (χ0) is 51.5. The summed E-state index contributed by atoms with van der Waals surface area (Å²) < 4.78 is 10.8. The van der Waals surface area contributed by atoms with E-state index in [4.69, 9.17) is 19.7 Å². The quantitative estimate of drug-likeness (QED) is 0.0512. The lowest BCUT2D eigenvalue weighted by atomic mass is 9.71. The molecule has 4 atom stereocenters. The minimum Gasteiger partial charge on any atom is -0.480 e. The number of nitrogens with one attached hydrogen (secondary N) is 4. The average molecular weight is 941 g/mol. The Morgan fingerprint density at radius 3 is 1.21 bits per heavy atom. The number of allylic oxidation sites excluding steroid dienone is 20. The molecule has 0 saturated heterocycles. The Morgan fingerprint density at radius 1 is 0.574 bits per heavy atom. The molecule has 16 nitrogen and oxygen atoms in total. The van der Waals surface area contributed by atoms with Crippen LogP contribution in [0.5, 0.6) is 0 Å². The van der Waals surface area contributed by atoms with E-state index in [-0.39, 0.29) is 24.4 Å². The summed E-state index contributed by atoms with van der Waals surface area (Å²) in [4.78, 5) is 96.7. The van der Waals surface area contributed by atoms with Gasteiger partial charge in [-0.15, -0.1) is 0 Å². The molecule has 2 aliphatic rings. The number of amides is 4. The predicted molar refractivity (Wildman–Crippen MR) is 260 cm³/mol. The Hall–Kier alpha value is -7.10. The van der Waals surface area contributed by atoms with Gasteiger partial charge in [-0.2, -0.15) is 0 Å². The average Bonchev–Trinajstić information content (AvgIpc) is 3.24. The summed E-state index contributed by atoms with van der Waals surface area (Å²) in [5.41, 5.74) is 5.57. The Kier molecular flexibility index (Phi) is 22.1. The van der Waals surface area contributed by atoms with Gasteiger partial charge in [0.1, 0.15) is 25.2 Å². The summed E-state index contributed by atoms with van der Waals surface area (Å²) in [5.74, 6) is -4.72. The molecular formula is C52H68N4O12. The van der Waals surface area contributed by atoms with Gasteiger partial charge in [0.05, 0.1) is 0 Å². The van der Waals surface area contributed by atoms with Gasteiger partial charge in [0.15, 0.2) is 23.8 Å². The third kappa shape index (κ3) is 19.0. The van der Waals surface area contributed by atoms with Crippen LogP contribution in [0.3, 0.4) is 0 Å². The Balaban J connectivity index is 1.95. The fourth-order valence-electron chi connectivity index (χ4n) is 7.08. The highest BCUT2D eigenvalue weighted by Gasteiger charge is 2.41. The van der Waals surface area contributed by atoms with Crippen LogP contribution in [-0.2, 0) is 38.2 Å². The normalized spacial score (nSPS) is 20.4. The predicted octanol–water partition coefficient (Wildman–Crippen LogP) is 7.55. The van der Waals surface area contributed by atoms with E-state index >= 15 is 0 Å². The van der Waals surface area contributed by atoms with E-state index in [2.05, 4.69) is 21.3 Å². The molecule has 0 heterocycles. The first-order valence-electron chi connectivity index (χ1n) is 22.2. The lowest BCUT2D eigenvalue weighted by Gasteiger charge is -2.36. The second-order valence-electron chi connectivity index (χ2n) is 18.1. The molecule has 0 aromatic rings. The molecule has 368 valence electrons. The number of carbonyl (C=O) groups excluding carboxylic acids is 6. The minimum atomic E-state index is -1.23. The Bertz CT molecular complexity index is 2170. The van der Waals surface area contributed by atoms with E-state index in [0.29, 0.717) is 11.1 Å². The second kappa shape index (κ2) is 26.3. The van der Waals surface area contributed by atoms with Gasteiger partial charge in [-0.05, 0) is 88.5 Å². The van der Waals surface area contributed by atoms with Crippen LogP contribution in [0.1, 0.15) is 95.9 Å². The van der Waals surface area contributed by atoms with Crippen molar-refractivity contribution in [3.05, 3.63) is 130 Å². The summed E-state index contributed by atoms with van der Waals surface area (Å²) in [5, 5.41) is 26.7. The first kappa shape index (κ1) is 57.0. The number of ether oxygens (including phenoxy) is 2. The zero-order valence-corrected chi connectivity index (χ0v) is 41.2. The van der Waals surface area contributed by atoms with Gasteiger partial charge in [0.2, 0.25) is 0 Å². The second-order valence-corrected chi connectivity index (χ2v) is 18.1. The monoisotopic (exact) mass is 940 g/mol. The third-order valence-electron chi connectivity index (χ3n) is 11.0. The number of carboxylic acids is 2. The molecule has 4 amide bonds. The summed E-state index contributed by atoms with van der Waals surface area (Å²) in [6.45, 7) is 20.6. The first-order valence-corrected chi connectivity index (χ1v) is 22.2. The molecular weight excluding hydrogens is 873 g/mol. The van der Waals surface area contributed by atoms with Crippen LogP contribution in [-0.4, -0.2) is 95.1 Å². The standard InChI is InChI=1S/C52H68N4O12/c1-31(19-15-21-33(3)23-25-39-35(5)45(59)41(27-51(39,9)10)67-43(57)29-53-49(65)55-37(7)47(61)62)17-13-14-18-32(2)20-16-22-34(4)24-26-40-36(6)46(60)42(28-52(40,11)12)68-44(58)30-54-50(66)56-38(8)48(63)64/h13-26,37-38,41-42H,27-30H2,1-12H3,(H,61,62)(H,63,64)(H2,53,55,65)(H2,54,56,66). The van der Waals surface area contributed by atoms with E-state index in [1.54, 1.807) is 13.8 Å². The number of urea groups is 2. The number of rotatable bonds is 20. The molecule has 68 heavy (non-hydrogen) atoms. The van der Waals surface area contributed by atoms with Crippen molar-refractivity contribution >= 4 is 47.5 Å². The summed E-state index contributed by atoms with van der Waals surface area (Å²) in [7, 11) is 0. The highest BCUT2D eigenvalue weighted by atomic mass is 16.6. The van der Waals surface area contributed by atoms with Crippen molar-refractivity contribution in [1.82, 2.24) is 21.3 Å². The van der Waals surface area contributed by atoms with Crippen LogP contribution >= 0.6 is 0 Å². The van der Waals surface area contributed by atoms with Gasteiger partial charge < -0.3 is 41.0 Å². The zero-order valence-electron chi connectivity index (χ0n) is 41.2. The SMILES string of the molecule is CC(C=CC=C(C)C=CC1=C(C)C(=O)C(OC(=O)CNC(=O)NC(C)C(=O)O)CC1(C)C)=CC=CC=C(C)C=CC=C(C)C=CC1=C(C)C(=O)C(OC(=O)CNC(=O)NC(C)C(=O)O)CC1(C)C. The maximum Gasteiger partial charge on any atom is 0.326 e. The van der Waals surface area contributed by atoms with Crippen molar-refractivity contribution in [3.8, 4) is 0 Å². The molecule has 0 spiro atoms.